The highest BCUT2D eigenvalue weighted by atomic mass is 19.1. The van der Waals surface area contributed by atoms with Gasteiger partial charge in [0.2, 0.25) is 5.91 Å². The van der Waals surface area contributed by atoms with Gasteiger partial charge in [-0.3, -0.25) is 4.79 Å². The molecule has 1 amide bonds. The summed E-state index contributed by atoms with van der Waals surface area (Å²) in [6.07, 6.45) is 1.57. The maximum absolute atomic E-state index is 13.1. The molecule has 84 valence electrons. The van der Waals surface area contributed by atoms with Crippen LogP contribution in [0, 0.1) is 12.7 Å². The Morgan fingerprint density at radius 1 is 1.38 bits per heavy atom. The standard InChI is InChI=1S/C11H10FNO3/c1-7-2-3-8(6-9(7)12)13-10(14)4-5-11(15)16/h2-6H,1H3,(H,13,14)(H,15,16)/b5-4-. The highest BCUT2D eigenvalue weighted by molar-refractivity contribution is 6.02. The first-order valence-corrected chi connectivity index (χ1v) is 4.47. The lowest BCUT2D eigenvalue weighted by atomic mass is 10.2. The summed E-state index contributed by atoms with van der Waals surface area (Å²) < 4.78 is 13.1. The minimum absolute atomic E-state index is 0.281. The van der Waals surface area contributed by atoms with Crippen molar-refractivity contribution in [3.8, 4) is 0 Å². The van der Waals surface area contributed by atoms with Gasteiger partial charge in [0.1, 0.15) is 5.82 Å². The second-order valence-corrected chi connectivity index (χ2v) is 3.12. The van der Waals surface area contributed by atoms with Gasteiger partial charge in [-0.2, -0.15) is 0 Å². The third-order valence-electron chi connectivity index (χ3n) is 1.82. The highest BCUT2D eigenvalue weighted by Gasteiger charge is 2.02. The Balaban J connectivity index is 2.70. The quantitative estimate of drug-likeness (QED) is 0.766. The SMILES string of the molecule is Cc1ccc(NC(=O)/C=C\C(=O)O)cc1F. The normalized spacial score (nSPS) is 10.4. The first-order valence-electron chi connectivity index (χ1n) is 4.47. The molecule has 0 atom stereocenters. The van der Waals surface area contributed by atoms with Gasteiger partial charge in [-0.1, -0.05) is 6.07 Å². The summed E-state index contributed by atoms with van der Waals surface area (Å²) in [7, 11) is 0. The van der Waals surface area contributed by atoms with Crippen molar-refractivity contribution in [1.29, 1.82) is 0 Å². The molecule has 0 heterocycles. The van der Waals surface area contributed by atoms with Crippen LogP contribution in [0.1, 0.15) is 5.56 Å². The zero-order chi connectivity index (χ0) is 12.1. The van der Waals surface area contributed by atoms with Gasteiger partial charge in [0, 0.05) is 17.8 Å². The van der Waals surface area contributed by atoms with Crippen LogP contribution >= 0.6 is 0 Å². The Morgan fingerprint density at radius 3 is 2.62 bits per heavy atom. The number of nitrogens with one attached hydrogen (secondary N) is 1. The minimum Gasteiger partial charge on any atom is -0.478 e. The van der Waals surface area contributed by atoms with Crippen molar-refractivity contribution < 1.29 is 19.1 Å². The van der Waals surface area contributed by atoms with Crippen LogP contribution in [0.25, 0.3) is 0 Å². The van der Waals surface area contributed by atoms with Crippen LogP contribution in [0.4, 0.5) is 10.1 Å². The van der Waals surface area contributed by atoms with Crippen molar-refractivity contribution in [3.05, 3.63) is 41.7 Å². The predicted molar refractivity (Wildman–Crippen MR) is 56.5 cm³/mol. The Bertz CT molecular complexity index is 455. The monoisotopic (exact) mass is 223 g/mol. The summed E-state index contributed by atoms with van der Waals surface area (Å²) >= 11 is 0. The van der Waals surface area contributed by atoms with Crippen molar-refractivity contribution in [1.82, 2.24) is 0 Å². The number of benzene rings is 1. The molecule has 0 aromatic heterocycles. The van der Waals surface area contributed by atoms with Gasteiger partial charge in [-0.05, 0) is 24.6 Å². The predicted octanol–water partition coefficient (Wildman–Crippen LogP) is 1.71. The van der Waals surface area contributed by atoms with E-state index in [9.17, 15) is 14.0 Å². The number of aryl methyl sites for hydroxylation is 1. The van der Waals surface area contributed by atoms with Gasteiger partial charge < -0.3 is 10.4 Å². The molecule has 1 aromatic carbocycles. The van der Waals surface area contributed by atoms with Gasteiger partial charge in [0.25, 0.3) is 0 Å². The van der Waals surface area contributed by atoms with Crippen LogP contribution in [-0.2, 0) is 9.59 Å². The Morgan fingerprint density at radius 2 is 2.06 bits per heavy atom. The fourth-order valence-electron chi connectivity index (χ4n) is 1.00. The molecule has 0 bridgehead atoms. The zero-order valence-corrected chi connectivity index (χ0v) is 8.53. The van der Waals surface area contributed by atoms with Crippen molar-refractivity contribution in [2.75, 3.05) is 5.32 Å². The molecule has 0 aliphatic heterocycles. The molecule has 0 unspecified atom stereocenters. The number of aliphatic carboxylic acids is 1. The van der Waals surface area contributed by atoms with Crippen LogP contribution < -0.4 is 5.32 Å². The first-order chi connectivity index (χ1) is 7.49. The number of halogens is 1. The van der Waals surface area contributed by atoms with Crippen LogP contribution in [-0.4, -0.2) is 17.0 Å². The van der Waals surface area contributed by atoms with Crippen molar-refractivity contribution in [3.63, 3.8) is 0 Å². The Labute approximate surface area is 91.4 Å². The molecule has 0 saturated carbocycles. The van der Waals surface area contributed by atoms with E-state index in [2.05, 4.69) is 5.32 Å². The van der Waals surface area contributed by atoms with E-state index in [0.717, 1.165) is 6.08 Å². The summed E-state index contributed by atoms with van der Waals surface area (Å²) in [4.78, 5) is 21.3. The number of carboxylic acid groups (broad SMARTS) is 1. The molecular weight excluding hydrogens is 213 g/mol. The second-order valence-electron chi connectivity index (χ2n) is 3.12. The average Bonchev–Trinajstić information content (AvgIpc) is 2.21. The number of hydrogen-bond donors (Lipinski definition) is 2. The molecule has 0 fully saturated rings. The molecule has 0 aliphatic rings. The van der Waals surface area contributed by atoms with Crippen LogP contribution in [0.5, 0.6) is 0 Å². The molecule has 5 heteroatoms. The summed E-state index contributed by atoms with van der Waals surface area (Å²) in [5, 5.41) is 10.6. The van der Waals surface area contributed by atoms with Gasteiger partial charge in [0.05, 0.1) is 0 Å². The molecule has 4 nitrogen and oxygen atoms in total. The molecule has 16 heavy (non-hydrogen) atoms. The molecule has 0 radical (unpaired) electrons. The number of carbonyl (C=O) groups excluding carboxylic acids is 1. The van der Waals surface area contributed by atoms with E-state index in [1.165, 1.54) is 18.2 Å². The number of carbonyl (C=O) groups is 2. The van der Waals surface area contributed by atoms with Gasteiger partial charge in [0.15, 0.2) is 0 Å². The summed E-state index contributed by atoms with van der Waals surface area (Å²) in [5.74, 6) is -2.27. The van der Waals surface area contributed by atoms with Gasteiger partial charge >= 0.3 is 5.97 Å². The van der Waals surface area contributed by atoms with E-state index in [-0.39, 0.29) is 5.69 Å². The number of anilines is 1. The van der Waals surface area contributed by atoms with Crippen LogP contribution in [0.3, 0.4) is 0 Å². The number of carboxylic acids is 1. The smallest absolute Gasteiger partial charge is 0.328 e. The maximum Gasteiger partial charge on any atom is 0.328 e. The molecule has 0 saturated heterocycles. The molecular formula is C11H10FNO3. The largest absolute Gasteiger partial charge is 0.478 e. The van der Waals surface area contributed by atoms with E-state index < -0.39 is 17.7 Å². The lowest BCUT2D eigenvalue weighted by Gasteiger charge is -2.03. The molecule has 0 aliphatic carbocycles. The Kier molecular flexibility index (Phi) is 3.77. The number of rotatable bonds is 3. The third-order valence-corrected chi connectivity index (χ3v) is 1.82. The van der Waals surface area contributed by atoms with Crippen molar-refractivity contribution in [2.24, 2.45) is 0 Å². The summed E-state index contributed by atoms with van der Waals surface area (Å²) in [5.41, 5.74) is 0.752. The molecule has 2 N–H and O–H groups in total. The fourth-order valence-corrected chi connectivity index (χ4v) is 1.00. The van der Waals surface area contributed by atoms with Crippen molar-refractivity contribution in [2.45, 2.75) is 6.92 Å². The lowest BCUT2D eigenvalue weighted by Crippen LogP contribution is -2.08. The van der Waals surface area contributed by atoms with Gasteiger partial charge in [-0.25, -0.2) is 9.18 Å². The van der Waals surface area contributed by atoms with Crippen LogP contribution in [0.2, 0.25) is 0 Å². The maximum atomic E-state index is 13.1. The second kappa shape index (κ2) is 5.06. The zero-order valence-electron chi connectivity index (χ0n) is 8.53. The van der Waals surface area contributed by atoms with E-state index in [1.54, 1.807) is 6.92 Å². The van der Waals surface area contributed by atoms with Crippen molar-refractivity contribution >= 4 is 17.6 Å². The molecule has 1 aromatic rings. The first kappa shape index (κ1) is 11.9. The number of amides is 1. The van der Waals surface area contributed by atoms with E-state index in [0.29, 0.717) is 11.6 Å². The summed E-state index contributed by atoms with van der Waals surface area (Å²) in [6, 6.07) is 4.22. The third kappa shape index (κ3) is 3.53. The minimum atomic E-state index is -1.22. The topological polar surface area (TPSA) is 66.4 Å². The average molecular weight is 223 g/mol. The molecule has 0 spiro atoms. The summed E-state index contributed by atoms with van der Waals surface area (Å²) in [6.45, 7) is 1.60. The van der Waals surface area contributed by atoms with E-state index in [4.69, 9.17) is 5.11 Å². The number of hydrogen-bond acceptors (Lipinski definition) is 2. The van der Waals surface area contributed by atoms with Gasteiger partial charge in [-0.15, -0.1) is 0 Å². The Hall–Kier alpha value is -2.17. The van der Waals surface area contributed by atoms with E-state index in [1.807, 2.05) is 0 Å². The molecule has 1 rings (SSSR count). The van der Waals surface area contributed by atoms with E-state index >= 15 is 0 Å². The lowest BCUT2D eigenvalue weighted by molar-refractivity contribution is -0.131. The fraction of sp³-hybridized carbons (Fsp3) is 0.0909. The van der Waals surface area contributed by atoms with Crippen LogP contribution in [0.15, 0.2) is 30.4 Å². The highest BCUT2D eigenvalue weighted by Crippen LogP contribution is 2.13.